The van der Waals surface area contributed by atoms with E-state index in [1.54, 1.807) is 0 Å². The Bertz CT molecular complexity index is 335. The highest BCUT2D eigenvalue weighted by Crippen LogP contribution is 2.12. The maximum Gasteiger partial charge on any atom is 0.287 e. The van der Waals surface area contributed by atoms with Gasteiger partial charge in [0.25, 0.3) is 5.56 Å². The first-order chi connectivity index (χ1) is 6.29. The normalized spacial score (nSPS) is 17.8. The molecule has 5 nitrogen and oxygen atoms in total. The van der Waals surface area contributed by atoms with E-state index in [9.17, 15) is 4.79 Å². The minimum absolute atomic E-state index is 0.0422. The van der Waals surface area contributed by atoms with Gasteiger partial charge in [-0.05, 0) is 6.92 Å². The topological polar surface area (TPSA) is 61.1 Å². The molecule has 0 spiro atoms. The van der Waals surface area contributed by atoms with Crippen molar-refractivity contribution in [3.05, 3.63) is 16.0 Å². The molecule has 0 unspecified atom stereocenters. The Morgan fingerprint density at radius 3 is 2.54 bits per heavy atom. The van der Waals surface area contributed by atoms with E-state index in [0.29, 0.717) is 13.2 Å². The van der Waals surface area contributed by atoms with Gasteiger partial charge in [0.05, 0.1) is 18.9 Å². The van der Waals surface area contributed by atoms with Gasteiger partial charge in [-0.2, -0.15) is 0 Å². The van der Waals surface area contributed by atoms with Gasteiger partial charge < -0.3 is 14.7 Å². The molecule has 5 heteroatoms. The van der Waals surface area contributed by atoms with Crippen molar-refractivity contribution in [2.75, 3.05) is 31.2 Å². The van der Waals surface area contributed by atoms with Crippen molar-refractivity contribution in [2.45, 2.75) is 6.92 Å². The van der Waals surface area contributed by atoms with E-state index >= 15 is 0 Å². The van der Waals surface area contributed by atoms with E-state index in [0.717, 1.165) is 24.5 Å². The number of anilines is 1. The molecule has 0 aliphatic carbocycles. The van der Waals surface area contributed by atoms with Gasteiger partial charge in [0.15, 0.2) is 0 Å². The molecule has 1 fully saturated rings. The van der Waals surface area contributed by atoms with Crippen LogP contribution in [0, 0.1) is 6.92 Å². The highest BCUT2D eigenvalue weighted by molar-refractivity contribution is 5.48. The molecule has 2 rings (SSSR count). The number of H-pyrrole nitrogens is 2. The molecular formula is C8H13N3O2. The summed E-state index contributed by atoms with van der Waals surface area (Å²) in [5, 5.41) is 5.39. The van der Waals surface area contributed by atoms with Gasteiger partial charge in [-0.1, -0.05) is 0 Å². The zero-order chi connectivity index (χ0) is 9.26. The van der Waals surface area contributed by atoms with Gasteiger partial charge in [0.2, 0.25) is 0 Å². The summed E-state index contributed by atoms with van der Waals surface area (Å²) in [5.41, 5.74) is 1.61. The molecule has 1 aromatic rings. The van der Waals surface area contributed by atoms with Gasteiger partial charge in [0, 0.05) is 13.1 Å². The van der Waals surface area contributed by atoms with Crippen LogP contribution in [0.25, 0.3) is 0 Å². The number of rotatable bonds is 1. The van der Waals surface area contributed by atoms with Crippen LogP contribution in [0.2, 0.25) is 0 Å². The van der Waals surface area contributed by atoms with Crippen molar-refractivity contribution in [2.24, 2.45) is 0 Å². The maximum absolute atomic E-state index is 11.4. The lowest BCUT2D eigenvalue weighted by Crippen LogP contribution is -2.38. The quantitative estimate of drug-likeness (QED) is 0.636. The molecule has 0 radical (unpaired) electrons. The van der Waals surface area contributed by atoms with E-state index in [1.165, 1.54) is 0 Å². The van der Waals surface area contributed by atoms with Crippen molar-refractivity contribution >= 4 is 5.69 Å². The summed E-state index contributed by atoms with van der Waals surface area (Å²) in [4.78, 5) is 13.4. The minimum Gasteiger partial charge on any atom is -0.378 e. The number of aromatic nitrogens is 2. The summed E-state index contributed by atoms with van der Waals surface area (Å²) >= 11 is 0. The Kier molecular flexibility index (Phi) is 2.10. The Morgan fingerprint density at radius 1 is 1.31 bits per heavy atom. The third kappa shape index (κ3) is 1.47. The summed E-state index contributed by atoms with van der Waals surface area (Å²) < 4.78 is 5.21. The van der Waals surface area contributed by atoms with Crippen molar-refractivity contribution in [1.29, 1.82) is 0 Å². The minimum atomic E-state index is -0.0422. The molecule has 0 saturated carbocycles. The number of aromatic amines is 2. The van der Waals surface area contributed by atoms with Gasteiger partial charge in [-0.15, -0.1) is 0 Å². The van der Waals surface area contributed by atoms with Crippen molar-refractivity contribution < 1.29 is 4.74 Å². The van der Waals surface area contributed by atoms with Crippen molar-refractivity contribution in [3.63, 3.8) is 0 Å². The SMILES string of the molecule is Cc1[nH][nH]c(=O)c1N1CCOCC1. The van der Waals surface area contributed by atoms with Gasteiger partial charge in [0.1, 0.15) is 5.69 Å². The Balaban J connectivity index is 2.27. The van der Waals surface area contributed by atoms with Crippen LogP contribution in [0.4, 0.5) is 5.69 Å². The number of nitrogens with one attached hydrogen (secondary N) is 2. The Hall–Kier alpha value is -1.23. The van der Waals surface area contributed by atoms with E-state index in [4.69, 9.17) is 4.74 Å². The summed E-state index contributed by atoms with van der Waals surface area (Å²) in [7, 11) is 0. The number of hydrogen-bond acceptors (Lipinski definition) is 3. The molecule has 13 heavy (non-hydrogen) atoms. The summed E-state index contributed by atoms with van der Waals surface area (Å²) in [5.74, 6) is 0. The molecule has 1 saturated heterocycles. The molecule has 1 aromatic heterocycles. The molecule has 0 aromatic carbocycles. The first kappa shape index (κ1) is 8.37. The monoisotopic (exact) mass is 183 g/mol. The molecule has 1 aliphatic heterocycles. The number of aryl methyl sites for hydroxylation is 1. The van der Waals surface area contributed by atoms with Crippen LogP contribution in [0.1, 0.15) is 5.69 Å². The van der Waals surface area contributed by atoms with Crippen LogP contribution in [-0.4, -0.2) is 36.5 Å². The van der Waals surface area contributed by atoms with E-state index in [1.807, 2.05) is 11.8 Å². The fourth-order valence-corrected chi connectivity index (χ4v) is 1.61. The fourth-order valence-electron chi connectivity index (χ4n) is 1.61. The number of hydrogen-bond donors (Lipinski definition) is 2. The van der Waals surface area contributed by atoms with Crippen LogP contribution >= 0.6 is 0 Å². The summed E-state index contributed by atoms with van der Waals surface area (Å²) in [6, 6.07) is 0. The summed E-state index contributed by atoms with van der Waals surface area (Å²) in [6.45, 7) is 4.88. The van der Waals surface area contributed by atoms with E-state index in [2.05, 4.69) is 10.2 Å². The largest absolute Gasteiger partial charge is 0.378 e. The Morgan fingerprint density at radius 2 is 2.00 bits per heavy atom. The second kappa shape index (κ2) is 3.26. The highest BCUT2D eigenvalue weighted by Gasteiger charge is 2.17. The average molecular weight is 183 g/mol. The van der Waals surface area contributed by atoms with Crippen LogP contribution in [0.3, 0.4) is 0 Å². The lowest BCUT2D eigenvalue weighted by atomic mass is 10.3. The van der Waals surface area contributed by atoms with E-state index in [-0.39, 0.29) is 5.56 Å². The second-order valence-corrected chi connectivity index (χ2v) is 3.15. The third-order valence-electron chi connectivity index (χ3n) is 2.26. The standard InChI is InChI=1S/C8H13N3O2/c1-6-7(8(12)10-9-6)11-2-4-13-5-3-11/h2-5H2,1H3,(H2,9,10,12). The molecule has 0 atom stereocenters. The zero-order valence-corrected chi connectivity index (χ0v) is 7.59. The van der Waals surface area contributed by atoms with Crippen LogP contribution in [0.15, 0.2) is 4.79 Å². The summed E-state index contributed by atoms with van der Waals surface area (Å²) in [6.07, 6.45) is 0. The lowest BCUT2D eigenvalue weighted by Gasteiger charge is -2.27. The molecule has 0 bridgehead atoms. The highest BCUT2D eigenvalue weighted by atomic mass is 16.5. The first-order valence-electron chi connectivity index (χ1n) is 4.39. The third-order valence-corrected chi connectivity index (χ3v) is 2.26. The predicted octanol–water partition coefficient (Wildman–Crippen LogP) is -0.152. The van der Waals surface area contributed by atoms with Gasteiger partial charge >= 0.3 is 0 Å². The molecule has 1 aliphatic rings. The van der Waals surface area contributed by atoms with Crippen molar-refractivity contribution in [1.82, 2.24) is 10.2 Å². The van der Waals surface area contributed by atoms with Gasteiger partial charge in [-0.25, -0.2) is 0 Å². The van der Waals surface area contributed by atoms with Crippen LogP contribution < -0.4 is 10.5 Å². The van der Waals surface area contributed by atoms with Crippen LogP contribution in [0.5, 0.6) is 0 Å². The molecular weight excluding hydrogens is 170 g/mol. The number of nitrogens with zero attached hydrogens (tertiary/aromatic N) is 1. The van der Waals surface area contributed by atoms with E-state index < -0.39 is 0 Å². The lowest BCUT2D eigenvalue weighted by molar-refractivity contribution is 0.122. The maximum atomic E-state index is 11.4. The van der Waals surface area contributed by atoms with Crippen molar-refractivity contribution in [3.8, 4) is 0 Å². The first-order valence-corrected chi connectivity index (χ1v) is 4.39. The average Bonchev–Trinajstić information content (AvgIpc) is 2.48. The molecule has 0 amide bonds. The Labute approximate surface area is 75.7 Å². The smallest absolute Gasteiger partial charge is 0.287 e. The second-order valence-electron chi connectivity index (χ2n) is 3.15. The molecule has 2 heterocycles. The predicted molar refractivity (Wildman–Crippen MR) is 49.2 cm³/mol. The van der Waals surface area contributed by atoms with Gasteiger partial charge in [-0.3, -0.25) is 9.89 Å². The number of morpholine rings is 1. The van der Waals surface area contributed by atoms with Crippen LogP contribution in [-0.2, 0) is 4.74 Å². The molecule has 2 N–H and O–H groups in total. The zero-order valence-electron chi connectivity index (χ0n) is 7.59. The molecule has 72 valence electrons. The fraction of sp³-hybridized carbons (Fsp3) is 0.625. The number of ether oxygens (including phenoxy) is 1.